The van der Waals surface area contributed by atoms with Gasteiger partial charge in [0.2, 0.25) is 0 Å². The molecule has 0 saturated heterocycles. The van der Waals surface area contributed by atoms with Crippen LogP contribution in [-0.4, -0.2) is 25.8 Å². The maximum Gasteiger partial charge on any atom is 0.0833 e. The fraction of sp³-hybridized carbons (Fsp3) is 1.00. The summed E-state index contributed by atoms with van der Waals surface area (Å²) >= 11 is 0. The molecule has 1 saturated carbocycles. The number of hydrogen-bond acceptors (Lipinski definition) is 2. The SMILES string of the molecule is CNC(C(C)C)C1(OC)CCCC1. The summed E-state index contributed by atoms with van der Waals surface area (Å²) in [6.07, 6.45) is 5.07. The zero-order valence-electron chi connectivity index (χ0n) is 9.39. The van der Waals surface area contributed by atoms with Gasteiger partial charge in [-0.3, -0.25) is 0 Å². The van der Waals surface area contributed by atoms with Gasteiger partial charge in [0.05, 0.1) is 5.60 Å². The molecule has 1 rings (SSSR count). The van der Waals surface area contributed by atoms with Crippen LogP contribution >= 0.6 is 0 Å². The Labute approximate surface area is 82.0 Å². The van der Waals surface area contributed by atoms with E-state index in [1.165, 1.54) is 25.7 Å². The lowest BCUT2D eigenvalue weighted by molar-refractivity contribution is -0.0458. The van der Waals surface area contributed by atoms with Gasteiger partial charge in [0.25, 0.3) is 0 Å². The quantitative estimate of drug-likeness (QED) is 0.725. The third-order valence-corrected chi connectivity index (χ3v) is 3.40. The number of ether oxygens (including phenoxy) is 1. The molecule has 0 bridgehead atoms. The molecule has 0 aliphatic heterocycles. The standard InChI is InChI=1S/C11H23NO/c1-9(2)10(12-3)11(13-4)7-5-6-8-11/h9-10,12H,5-8H2,1-4H3. The Morgan fingerprint density at radius 1 is 1.23 bits per heavy atom. The Kier molecular flexibility index (Phi) is 3.74. The van der Waals surface area contributed by atoms with Crippen molar-refractivity contribution in [2.75, 3.05) is 14.2 Å². The van der Waals surface area contributed by atoms with E-state index in [0.29, 0.717) is 12.0 Å². The predicted molar refractivity (Wildman–Crippen MR) is 55.9 cm³/mol. The molecule has 0 aromatic rings. The van der Waals surface area contributed by atoms with Crippen LogP contribution < -0.4 is 5.32 Å². The first-order chi connectivity index (χ1) is 6.16. The van der Waals surface area contributed by atoms with E-state index < -0.39 is 0 Å². The molecule has 1 atom stereocenters. The summed E-state index contributed by atoms with van der Waals surface area (Å²) in [5, 5.41) is 3.41. The van der Waals surface area contributed by atoms with Crippen molar-refractivity contribution in [3.8, 4) is 0 Å². The summed E-state index contributed by atoms with van der Waals surface area (Å²) in [5.74, 6) is 0.642. The van der Waals surface area contributed by atoms with E-state index in [1.54, 1.807) is 0 Å². The Morgan fingerprint density at radius 3 is 2.08 bits per heavy atom. The number of hydrogen-bond donors (Lipinski definition) is 1. The molecule has 13 heavy (non-hydrogen) atoms. The van der Waals surface area contributed by atoms with Crippen molar-refractivity contribution in [2.24, 2.45) is 5.92 Å². The van der Waals surface area contributed by atoms with Gasteiger partial charge < -0.3 is 10.1 Å². The molecule has 78 valence electrons. The van der Waals surface area contributed by atoms with Crippen LogP contribution in [0.3, 0.4) is 0 Å². The van der Waals surface area contributed by atoms with E-state index in [-0.39, 0.29) is 5.60 Å². The third kappa shape index (κ3) is 2.05. The number of likely N-dealkylation sites (N-methyl/N-ethyl adjacent to an activating group) is 1. The van der Waals surface area contributed by atoms with Gasteiger partial charge in [-0.05, 0) is 25.8 Å². The first-order valence-corrected chi connectivity index (χ1v) is 5.38. The molecular weight excluding hydrogens is 162 g/mol. The van der Waals surface area contributed by atoms with E-state index in [4.69, 9.17) is 4.74 Å². The van der Waals surface area contributed by atoms with Gasteiger partial charge >= 0.3 is 0 Å². The highest BCUT2D eigenvalue weighted by atomic mass is 16.5. The molecule has 1 unspecified atom stereocenters. The zero-order valence-corrected chi connectivity index (χ0v) is 9.39. The van der Waals surface area contributed by atoms with Gasteiger partial charge in [0.15, 0.2) is 0 Å². The molecule has 1 aliphatic carbocycles. The fourth-order valence-electron chi connectivity index (χ4n) is 2.82. The average Bonchev–Trinajstić information content (AvgIpc) is 2.55. The van der Waals surface area contributed by atoms with Crippen LogP contribution in [0.4, 0.5) is 0 Å². The van der Waals surface area contributed by atoms with Gasteiger partial charge in [-0.2, -0.15) is 0 Å². The topological polar surface area (TPSA) is 21.3 Å². The minimum atomic E-state index is 0.114. The average molecular weight is 185 g/mol. The van der Waals surface area contributed by atoms with Crippen molar-refractivity contribution in [1.29, 1.82) is 0 Å². The summed E-state index contributed by atoms with van der Waals surface area (Å²) in [6, 6.07) is 0.500. The van der Waals surface area contributed by atoms with Gasteiger partial charge in [-0.15, -0.1) is 0 Å². The van der Waals surface area contributed by atoms with Crippen molar-refractivity contribution in [2.45, 2.75) is 51.2 Å². The lowest BCUT2D eigenvalue weighted by Gasteiger charge is -2.38. The second-order valence-corrected chi connectivity index (χ2v) is 4.49. The molecule has 0 amide bonds. The minimum absolute atomic E-state index is 0.114. The van der Waals surface area contributed by atoms with Gasteiger partial charge in [-0.25, -0.2) is 0 Å². The highest BCUT2D eigenvalue weighted by Gasteiger charge is 2.41. The van der Waals surface area contributed by atoms with Crippen LogP contribution in [-0.2, 0) is 4.74 Å². The maximum atomic E-state index is 5.75. The van der Waals surface area contributed by atoms with E-state index >= 15 is 0 Å². The second-order valence-electron chi connectivity index (χ2n) is 4.49. The van der Waals surface area contributed by atoms with Crippen LogP contribution in [0.2, 0.25) is 0 Å². The van der Waals surface area contributed by atoms with Crippen molar-refractivity contribution in [3.05, 3.63) is 0 Å². The largest absolute Gasteiger partial charge is 0.377 e. The first kappa shape index (κ1) is 11.0. The van der Waals surface area contributed by atoms with E-state index in [9.17, 15) is 0 Å². The molecule has 1 fully saturated rings. The summed E-state index contributed by atoms with van der Waals surface area (Å²) in [4.78, 5) is 0. The molecule has 2 nitrogen and oxygen atoms in total. The minimum Gasteiger partial charge on any atom is -0.377 e. The Bertz CT molecular complexity index is 150. The maximum absolute atomic E-state index is 5.75. The summed E-state index contributed by atoms with van der Waals surface area (Å²) < 4.78 is 5.75. The number of rotatable bonds is 4. The molecular formula is C11H23NO. The molecule has 0 aromatic heterocycles. The normalized spacial score (nSPS) is 23.8. The molecule has 0 aromatic carbocycles. The molecule has 1 N–H and O–H groups in total. The first-order valence-electron chi connectivity index (χ1n) is 5.38. The lowest BCUT2D eigenvalue weighted by atomic mass is 9.84. The summed E-state index contributed by atoms with van der Waals surface area (Å²) in [6.45, 7) is 4.53. The molecule has 0 radical (unpaired) electrons. The van der Waals surface area contributed by atoms with Crippen LogP contribution in [0.1, 0.15) is 39.5 Å². The third-order valence-electron chi connectivity index (χ3n) is 3.40. The summed E-state index contributed by atoms with van der Waals surface area (Å²) in [7, 11) is 3.90. The lowest BCUT2D eigenvalue weighted by Crippen LogP contribution is -2.52. The highest BCUT2D eigenvalue weighted by Crippen LogP contribution is 2.37. The van der Waals surface area contributed by atoms with E-state index in [0.717, 1.165) is 0 Å². The van der Waals surface area contributed by atoms with Gasteiger partial charge in [-0.1, -0.05) is 26.7 Å². The van der Waals surface area contributed by atoms with E-state index in [1.807, 2.05) is 14.2 Å². The molecule has 1 aliphatic rings. The molecule has 0 spiro atoms. The number of nitrogens with one attached hydrogen (secondary N) is 1. The van der Waals surface area contributed by atoms with Crippen molar-refractivity contribution < 1.29 is 4.74 Å². The van der Waals surface area contributed by atoms with Crippen LogP contribution in [0.25, 0.3) is 0 Å². The summed E-state index contributed by atoms with van der Waals surface area (Å²) in [5.41, 5.74) is 0.114. The molecule has 2 heteroatoms. The van der Waals surface area contributed by atoms with Crippen LogP contribution in [0.15, 0.2) is 0 Å². The zero-order chi connectivity index (χ0) is 9.90. The highest BCUT2D eigenvalue weighted by molar-refractivity contribution is 4.97. The van der Waals surface area contributed by atoms with Crippen molar-refractivity contribution >= 4 is 0 Å². The second kappa shape index (κ2) is 4.43. The Morgan fingerprint density at radius 2 is 1.77 bits per heavy atom. The van der Waals surface area contributed by atoms with Crippen molar-refractivity contribution in [3.63, 3.8) is 0 Å². The fourth-order valence-corrected chi connectivity index (χ4v) is 2.82. The predicted octanol–water partition coefficient (Wildman–Crippen LogP) is 2.19. The smallest absolute Gasteiger partial charge is 0.0833 e. The van der Waals surface area contributed by atoms with E-state index in [2.05, 4.69) is 19.2 Å². The Hall–Kier alpha value is -0.0800. The Balaban J connectivity index is 2.72. The van der Waals surface area contributed by atoms with Crippen molar-refractivity contribution in [1.82, 2.24) is 5.32 Å². The van der Waals surface area contributed by atoms with Gasteiger partial charge in [0.1, 0.15) is 0 Å². The van der Waals surface area contributed by atoms with Gasteiger partial charge in [0, 0.05) is 13.2 Å². The monoisotopic (exact) mass is 185 g/mol. The molecule has 0 heterocycles. The number of methoxy groups -OCH3 is 1. The van der Waals surface area contributed by atoms with Crippen LogP contribution in [0.5, 0.6) is 0 Å². The van der Waals surface area contributed by atoms with Crippen LogP contribution in [0, 0.1) is 5.92 Å².